The molecule has 0 spiro atoms. The number of thiazole rings is 1. The smallest absolute Gasteiger partial charge is 0.151 e. The number of nitrogens with one attached hydrogen (secondary N) is 1. The van der Waals surface area contributed by atoms with E-state index in [1.54, 1.807) is 18.2 Å². The van der Waals surface area contributed by atoms with Gasteiger partial charge in [-0.2, -0.15) is 5.10 Å². The molecule has 1 unspecified atom stereocenters. The summed E-state index contributed by atoms with van der Waals surface area (Å²) in [4.78, 5) is 8.71. The predicted molar refractivity (Wildman–Crippen MR) is 105 cm³/mol. The number of nitrogens with zero attached hydrogens (tertiary/aromatic N) is 3. The van der Waals surface area contributed by atoms with Gasteiger partial charge in [0.1, 0.15) is 33.8 Å². The maximum atomic E-state index is 14.6. The minimum atomic E-state index is -1.88. The van der Waals surface area contributed by atoms with Crippen molar-refractivity contribution in [1.29, 1.82) is 0 Å². The van der Waals surface area contributed by atoms with E-state index in [9.17, 15) is 13.9 Å². The Labute approximate surface area is 167 Å². The Balaban J connectivity index is 1.89. The first-order valence-corrected chi connectivity index (χ1v) is 9.32. The van der Waals surface area contributed by atoms with E-state index < -0.39 is 17.2 Å². The number of benzene rings is 2. The predicted octanol–water partition coefficient (Wildman–Crippen LogP) is 2.81. The van der Waals surface area contributed by atoms with Crippen molar-refractivity contribution in [3.63, 3.8) is 0 Å². The van der Waals surface area contributed by atoms with Gasteiger partial charge in [-0.15, -0.1) is 11.3 Å². The van der Waals surface area contributed by atoms with Gasteiger partial charge in [0, 0.05) is 23.6 Å². The Hall–Kier alpha value is -2.82. The topological polar surface area (TPSA) is 101 Å². The quantitative estimate of drug-likeness (QED) is 0.432. The molecule has 0 fully saturated rings. The van der Waals surface area contributed by atoms with Gasteiger partial charge in [-0.05, 0) is 30.3 Å². The highest BCUT2D eigenvalue weighted by molar-refractivity contribution is 7.80. The highest BCUT2D eigenvalue weighted by atomic mass is 32.1. The van der Waals surface area contributed by atoms with Crippen LogP contribution >= 0.6 is 23.6 Å². The lowest BCUT2D eigenvalue weighted by molar-refractivity contribution is 0.0748. The van der Waals surface area contributed by atoms with Crippen LogP contribution in [-0.4, -0.2) is 30.3 Å². The fourth-order valence-electron chi connectivity index (χ4n) is 2.92. The number of aliphatic hydroxyl groups is 1. The van der Waals surface area contributed by atoms with Crippen molar-refractivity contribution < 1.29 is 13.9 Å². The number of thiocarbonyl (C=S) groups is 1. The molecule has 142 valence electrons. The molecule has 0 amide bonds. The maximum Gasteiger partial charge on any atom is 0.151 e. The van der Waals surface area contributed by atoms with Crippen molar-refractivity contribution >= 4 is 38.8 Å². The zero-order valence-corrected chi connectivity index (χ0v) is 15.8. The summed E-state index contributed by atoms with van der Waals surface area (Å²) in [5.41, 5.74) is 4.93. The summed E-state index contributed by atoms with van der Waals surface area (Å²) in [6.07, 6.45) is 1.15. The van der Waals surface area contributed by atoms with Gasteiger partial charge in [-0.3, -0.25) is 5.10 Å². The second kappa shape index (κ2) is 6.97. The fourth-order valence-corrected chi connectivity index (χ4v) is 4.16. The molecule has 4 N–H and O–H groups in total. The van der Waals surface area contributed by atoms with Crippen molar-refractivity contribution in [3.8, 4) is 0 Å². The third-order valence-corrected chi connectivity index (χ3v) is 5.70. The van der Waals surface area contributed by atoms with E-state index in [2.05, 4.69) is 20.2 Å². The maximum absolute atomic E-state index is 14.6. The van der Waals surface area contributed by atoms with Crippen LogP contribution in [0.5, 0.6) is 0 Å². The summed E-state index contributed by atoms with van der Waals surface area (Å²) in [5.74, 6) is -1.30. The molecule has 4 rings (SSSR count). The monoisotopic (exact) mass is 417 g/mol. The first-order valence-electron chi connectivity index (χ1n) is 8.10. The molecular formula is C18H13F2N5OS2. The molecule has 2 aromatic heterocycles. The van der Waals surface area contributed by atoms with E-state index in [4.69, 9.17) is 18.0 Å². The van der Waals surface area contributed by atoms with Crippen molar-refractivity contribution in [2.24, 2.45) is 5.73 Å². The second-order valence-corrected chi connectivity index (χ2v) is 7.63. The SMILES string of the molecule is NC(=S)c1ccc2nc(C(O)(Cc3ncn[nH]3)c3ccc(F)cc3F)sc2c1. The average molecular weight is 417 g/mol. The number of aromatic amines is 1. The molecule has 0 aliphatic rings. The lowest BCUT2D eigenvalue weighted by Gasteiger charge is -2.26. The number of hydrogen-bond donors (Lipinski definition) is 3. The Kier molecular flexibility index (Phi) is 4.61. The van der Waals surface area contributed by atoms with Crippen molar-refractivity contribution in [2.45, 2.75) is 12.0 Å². The largest absolute Gasteiger partial charge is 0.389 e. The van der Waals surface area contributed by atoms with Gasteiger partial charge >= 0.3 is 0 Å². The van der Waals surface area contributed by atoms with Crippen LogP contribution in [0.25, 0.3) is 10.2 Å². The lowest BCUT2D eigenvalue weighted by Crippen LogP contribution is -2.31. The molecule has 28 heavy (non-hydrogen) atoms. The molecule has 2 aromatic carbocycles. The third kappa shape index (κ3) is 3.26. The van der Waals surface area contributed by atoms with Crippen LogP contribution in [0.3, 0.4) is 0 Å². The zero-order valence-electron chi connectivity index (χ0n) is 14.2. The minimum Gasteiger partial charge on any atom is -0.389 e. The summed E-state index contributed by atoms with van der Waals surface area (Å²) in [7, 11) is 0. The van der Waals surface area contributed by atoms with Gasteiger partial charge in [-0.1, -0.05) is 12.2 Å². The molecule has 2 heterocycles. The number of hydrogen-bond acceptors (Lipinski definition) is 6. The normalized spacial score (nSPS) is 13.5. The van der Waals surface area contributed by atoms with Gasteiger partial charge in [0.05, 0.1) is 10.2 Å². The summed E-state index contributed by atoms with van der Waals surface area (Å²) < 4.78 is 28.7. The molecule has 0 saturated carbocycles. The molecule has 0 bridgehead atoms. The summed E-state index contributed by atoms with van der Waals surface area (Å²) >= 11 is 6.16. The number of fused-ring (bicyclic) bond motifs is 1. The van der Waals surface area contributed by atoms with Gasteiger partial charge in [0.2, 0.25) is 0 Å². The number of aromatic nitrogens is 4. The molecule has 1 atom stereocenters. The van der Waals surface area contributed by atoms with E-state index in [0.717, 1.165) is 16.8 Å². The summed E-state index contributed by atoms with van der Waals surface area (Å²) in [5, 5.41) is 18.2. The second-order valence-electron chi connectivity index (χ2n) is 6.16. The Bertz CT molecular complexity index is 1180. The van der Waals surface area contributed by atoms with Gasteiger partial charge < -0.3 is 10.8 Å². The van der Waals surface area contributed by atoms with E-state index in [0.29, 0.717) is 16.9 Å². The molecule has 0 aliphatic carbocycles. The zero-order chi connectivity index (χ0) is 19.9. The number of rotatable bonds is 5. The number of halogens is 2. The van der Waals surface area contributed by atoms with Crippen molar-refractivity contribution in [2.75, 3.05) is 0 Å². The fraction of sp³-hybridized carbons (Fsp3) is 0.111. The summed E-state index contributed by atoms with van der Waals surface area (Å²) in [6, 6.07) is 8.21. The van der Waals surface area contributed by atoms with Crippen LogP contribution in [0.4, 0.5) is 8.78 Å². The highest BCUT2D eigenvalue weighted by Gasteiger charge is 2.39. The van der Waals surface area contributed by atoms with Crippen LogP contribution in [-0.2, 0) is 12.0 Å². The van der Waals surface area contributed by atoms with Crippen LogP contribution in [0.1, 0.15) is 22.0 Å². The van der Waals surface area contributed by atoms with Gasteiger partial charge in [0.15, 0.2) is 5.60 Å². The third-order valence-electron chi connectivity index (χ3n) is 4.29. The van der Waals surface area contributed by atoms with Crippen LogP contribution in [0.15, 0.2) is 42.7 Å². The van der Waals surface area contributed by atoms with Gasteiger partial charge in [0.25, 0.3) is 0 Å². The summed E-state index contributed by atoms with van der Waals surface area (Å²) in [6.45, 7) is 0. The van der Waals surface area contributed by atoms with E-state index in [1.165, 1.54) is 23.7 Å². The molecule has 0 saturated heterocycles. The minimum absolute atomic E-state index is 0.112. The molecule has 6 nitrogen and oxygen atoms in total. The first kappa shape index (κ1) is 18.5. The van der Waals surface area contributed by atoms with Crippen molar-refractivity contribution in [3.05, 3.63) is 76.3 Å². The van der Waals surface area contributed by atoms with Gasteiger partial charge in [-0.25, -0.2) is 18.7 Å². The van der Waals surface area contributed by atoms with E-state index >= 15 is 0 Å². The average Bonchev–Trinajstić information content (AvgIpc) is 3.30. The molecule has 0 aliphatic heterocycles. The first-order chi connectivity index (χ1) is 13.4. The van der Waals surface area contributed by atoms with Crippen molar-refractivity contribution in [1.82, 2.24) is 20.2 Å². The van der Waals surface area contributed by atoms with E-state index in [1.807, 2.05) is 0 Å². The molecular weight excluding hydrogens is 404 g/mol. The Morgan fingerprint density at radius 3 is 2.75 bits per heavy atom. The Morgan fingerprint density at radius 2 is 2.07 bits per heavy atom. The number of nitrogens with two attached hydrogens (primary N) is 1. The van der Waals surface area contributed by atoms with Crippen LogP contribution in [0, 0.1) is 11.6 Å². The van der Waals surface area contributed by atoms with E-state index in [-0.39, 0.29) is 22.0 Å². The van der Waals surface area contributed by atoms with Crippen LogP contribution in [0.2, 0.25) is 0 Å². The molecule has 10 heteroatoms. The lowest BCUT2D eigenvalue weighted by atomic mass is 9.90. The standard InChI is InChI=1S/C18H13F2N5OS2/c19-10-2-3-11(12(20)6-10)18(26,7-15-22-8-23-25-15)17-24-13-4-1-9(16(21)27)5-14(13)28-17/h1-6,8,26H,7H2,(H2,21,27)(H,22,23,25). The Morgan fingerprint density at radius 1 is 1.25 bits per heavy atom. The highest BCUT2D eigenvalue weighted by Crippen LogP contribution is 2.38. The number of H-pyrrole nitrogens is 1. The van der Waals surface area contributed by atoms with Crippen LogP contribution < -0.4 is 5.73 Å². The molecule has 0 radical (unpaired) electrons. The molecule has 4 aromatic rings.